The Hall–Kier alpha value is -2.20. The average Bonchev–Trinajstić information content (AvgIpc) is 2.82. The summed E-state index contributed by atoms with van der Waals surface area (Å²) < 4.78 is 19.2. The van der Waals surface area contributed by atoms with Crippen LogP contribution in [0.4, 0.5) is 10.1 Å². The van der Waals surface area contributed by atoms with Crippen molar-refractivity contribution in [2.45, 2.75) is 37.8 Å². The Balaban J connectivity index is 2.05. The van der Waals surface area contributed by atoms with Gasteiger partial charge in [0, 0.05) is 18.6 Å². The second kappa shape index (κ2) is 6.06. The summed E-state index contributed by atoms with van der Waals surface area (Å²) in [6, 6.07) is 5.75. The molecule has 0 aromatic heterocycles. The summed E-state index contributed by atoms with van der Waals surface area (Å²) in [6.45, 7) is 2.62. The van der Waals surface area contributed by atoms with E-state index in [2.05, 4.69) is 11.4 Å². The minimum Gasteiger partial charge on any atom is -0.490 e. The van der Waals surface area contributed by atoms with Crippen LogP contribution in [0.25, 0.3) is 0 Å². The van der Waals surface area contributed by atoms with E-state index in [0.717, 1.165) is 12.1 Å². The summed E-state index contributed by atoms with van der Waals surface area (Å²) in [7, 11) is 0. The molecule has 0 aliphatic heterocycles. The van der Waals surface area contributed by atoms with Gasteiger partial charge in [0.05, 0.1) is 11.0 Å². The highest BCUT2D eigenvalue weighted by Gasteiger charge is 2.40. The van der Waals surface area contributed by atoms with Gasteiger partial charge >= 0.3 is 5.69 Å². The molecule has 1 saturated carbocycles. The van der Waals surface area contributed by atoms with E-state index < -0.39 is 22.0 Å². The van der Waals surface area contributed by atoms with E-state index >= 15 is 0 Å². The molecule has 0 saturated heterocycles. The third kappa shape index (κ3) is 3.28. The summed E-state index contributed by atoms with van der Waals surface area (Å²) in [5.74, 6) is -0.679. The van der Waals surface area contributed by atoms with Crippen molar-refractivity contribution in [2.24, 2.45) is 0 Å². The van der Waals surface area contributed by atoms with E-state index in [0.29, 0.717) is 25.8 Å². The number of halogens is 1. The Bertz CT molecular complexity index is 587. The highest BCUT2D eigenvalue weighted by Crippen LogP contribution is 2.33. The van der Waals surface area contributed by atoms with Gasteiger partial charge in [-0.25, -0.2) is 0 Å². The molecule has 0 spiro atoms. The molecular formula is C14H16FN3O3. The number of ether oxygens (including phenoxy) is 1. The Labute approximate surface area is 121 Å². The van der Waals surface area contributed by atoms with Crippen LogP contribution in [0.15, 0.2) is 18.2 Å². The van der Waals surface area contributed by atoms with Crippen molar-refractivity contribution in [3.63, 3.8) is 0 Å². The zero-order valence-electron chi connectivity index (χ0n) is 11.6. The van der Waals surface area contributed by atoms with Gasteiger partial charge in [0.25, 0.3) is 0 Å². The fraction of sp³-hybridized carbons (Fsp3) is 0.500. The van der Waals surface area contributed by atoms with Gasteiger partial charge in [0.15, 0.2) is 0 Å². The van der Waals surface area contributed by atoms with E-state index in [9.17, 15) is 19.8 Å². The summed E-state index contributed by atoms with van der Waals surface area (Å²) in [5, 5.41) is 23.0. The SMILES string of the molecule is CCNC1(C#N)CCC(Oc2ccc([N+](=O)[O-])c(F)c2)C1. The zero-order valence-corrected chi connectivity index (χ0v) is 11.6. The van der Waals surface area contributed by atoms with Crippen molar-refractivity contribution in [3.8, 4) is 11.8 Å². The van der Waals surface area contributed by atoms with Gasteiger partial charge < -0.3 is 4.74 Å². The normalized spacial score (nSPS) is 24.5. The summed E-state index contributed by atoms with van der Waals surface area (Å²) in [5.41, 5.74) is -1.17. The summed E-state index contributed by atoms with van der Waals surface area (Å²) in [4.78, 5) is 9.78. The molecule has 0 radical (unpaired) electrons. The van der Waals surface area contributed by atoms with Crippen molar-refractivity contribution >= 4 is 5.69 Å². The monoisotopic (exact) mass is 293 g/mol. The highest BCUT2D eigenvalue weighted by atomic mass is 19.1. The predicted octanol–water partition coefficient (Wildman–Crippen LogP) is 2.54. The van der Waals surface area contributed by atoms with E-state index in [1.807, 2.05) is 6.92 Å². The molecule has 6 nitrogen and oxygen atoms in total. The van der Waals surface area contributed by atoms with Gasteiger partial charge in [0.2, 0.25) is 5.82 Å². The third-order valence-corrected chi connectivity index (χ3v) is 3.62. The molecule has 0 bridgehead atoms. The first-order chi connectivity index (χ1) is 9.99. The highest BCUT2D eigenvalue weighted by molar-refractivity contribution is 5.38. The van der Waals surface area contributed by atoms with E-state index in [1.54, 1.807) is 0 Å². The lowest BCUT2D eigenvalue weighted by Crippen LogP contribution is -2.42. The smallest absolute Gasteiger partial charge is 0.305 e. The lowest BCUT2D eigenvalue weighted by atomic mass is 10.00. The first-order valence-corrected chi connectivity index (χ1v) is 6.76. The molecule has 1 aliphatic carbocycles. The van der Waals surface area contributed by atoms with Crippen LogP contribution < -0.4 is 10.1 Å². The van der Waals surface area contributed by atoms with Gasteiger partial charge in [-0.2, -0.15) is 9.65 Å². The van der Waals surface area contributed by atoms with E-state index in [1.165, 1.54) is 6.07 Å². The van der Waals surface area contributed by atoms with Gasteiger partial charge in [-0.05, 0) is 25.5 Å². The van der Waals surface area contributed by atoms with Crippen LogP contribution >= 0.6 is 0 Å². The van der Waals surface area contributed by atoms with Crippen LogP contribution in [0.5, 0.6) is 5.75 Å². The molecule has 0 amide bonds. The summed E-state index contributed by atoms with van der Waals surface area (Å²) in [6.07, 6.45) is 1.65. The molecule has 2 unspecified atom stereocenters. The fourth-order valence-electron chi connectivity index (χ4n) is 2.64. The largest absolute Gasteiger partial charge is 0.490 e. The minimum atomic E-state index is -0.922. The standard InChI is InChI=1S/C14H16FN3O3/c1-2-17-14(9-16)6-5-11(8-14)21-10-3-4-13(18(19)20)12(15)7-10/h3-4,7,11,17H,2,5-6,8H2,1H3. The van der Waals surface area contributed by atoms with Crippen LogP contribution in [0.3, 0.4) is 0 Å². The molecule has 21 heavy (non-hydrogen) atoms. The number of hydrogen-bond acceptors (Lipinski definition) is 5. The van der Waals surface area contributed by atoms with Crippen LogP contribution in [0.2, 0.25) is 0 Å². The van der Waals surface area contributed by atoms with E-state index in [-0.39, 0.29) is 11.9 Å². The Morgan fingerprint density at radius 3 is 3.00 bits per heavy atom. The molecule has 2 rings (SSSR count). The first kappa shape index (κ1) is 15.2. The zero-order chi connectivity index (χ0) is 15.5. The van der Waals surface area contributed by atoms with Gasteiger partial charge in [-0.3, -0.25) is 15.4 Å². The number of nitrogens with one attached hydrogen (secondary N) is 1. The minimum absolute atomic E-state index is 0.204. The molecule has 1 fully saturated rings. The van der Waals surface area contributed by atoms with Crippen LogP contribution in [-0.4, -0.2) is 23.1 Å². The maximum absolute atomic E-state index is 13.5. The van der Waals surface area contributed by atoms with E-state index in [4.69, 9.17) is 4.74 Å². The van der Waals surface area contributed by atoms with Crippen LogP contribution in [-0.2, 0) is 0 Å². The lowest BCUT2D eigenvalue weighted by molar-refractivity contribution is -0.387. The van der Waals surface area contributed by atoms with Gasteiger partial charge in [-0.15, -0.1) is 0 Å². The number of nitro groups is 1. The summed E-state index contributed by atoms with van der Waals surface area (Å²) >= 11 is 0. The fourth-order valence-corrected chi connectivity index (χ4v) is 2.64. The second-order valence-corrected chi connectivity index (χ2v) is 5.08. The van der Waals surface area contributed by atoms with Crippen molar-refractivity contribution in [1.29, 1.82) is 5.26 Å². The molecule has 1 N–H and O–H groups in total. The topological polar surface area (TPSA) is 88.2 Å². The number of benzene rings is 1. The van der Waals surface area contributed by atoms with Crippen molar-refractivity contribution in [1.82, 2.24) is 5.32 Å². The number of rotatable bonds is 5. The molecular weight excluding hydrogens is 277 g/mol. The molecule has 1 aliphatic rings. The average molecular weight is 293 g/mol. The Kier molecular flexibility index (Phi) is 4.38. The molecule has 7 heteroatoms. The molecule has 2 atom stereocenters. The first-order valence-electron chi connectivity index (χ1n) is 6.76. The maximum atomic E-state index is 13.5. The lowest BCUT2D eigenvalue weighted by Gasteiger charge is -2.21. The molecule has 1 aromatic rings. The van der Waals surface area contributed by atoms with Gasteiger partial charge in [0.1, 0.15) is 17.4 Å². The quantitative estimate of drug-likeness (QED) is 0.665. The molecule has 1 aromatic carbocycles. The van der Waals surface area contributed by atoms with Crippen LogP contribution in [0.1, 0.15) is 26.2 Å². The molecule has 0 heterocycles. The van der Waals surface area contributed by atoms with Crippen LogP contribution in [0, 0.1) is 27.3 Å². The molecule has 112 valence electrons. The number of nitriles is 1. The Morgan fingerprint density at radius 1 is 1.67 bits per heavy atom. The van der Waals surface area contributed by atoms with Crippen molar-refractivity contribution < 1.29 is 14.1 Å². The second-order valence-electron chi connectivity index (χ2n) is 5.08. The third-order valence-electron chi connectivity index (χ3n) is 3.62. The van der Waals surface area contributed by atoms with Crippen molar-refractivity contribution in [3.05, 3.63) is 34.1 Å². The number of hydrogen-bond donors (Lipinski definition) is 1. The number of nitro benzene ring substituents is 1. The number of nitrogens with zero attached hydrogens (tertiary/aromatic N) is 2. The van der Waals surface area contributed by atoms with Crippen molar-refractivity contribution in [2.75, 3.05) is 6.54 Å². The van der Waals surface area contributed by atoms with Gasteiger partial charge in [-0.1, -0.05) is 6.92 Å². The maximum Gasteiger partial charge on any atom is 0.305 e. The Morgan fingerprint density at radius 2 is 2.43 bits per heavy atom. The predicted molar refractivity (Wildman–Crippen MR) is 73.3 cm³/mol.